The molecule has 1 saturated carbocycles. The average molecular weight is 442 g/mol. The van der Waals surface area contributed by atoms with Crippen LogP contribution in [-0.4, -0.2) is 71.9 Å². The largest absolute Gasteiger partial charge is 0.491 e. The quantitative estimate of drug-likeness (QED) is 0.269. The Morgan fingerprint density at radius 3 is 2.03 bits per heavy atom. The highest BCUT2D eigenvalue weighted by atomic mass is 16.5. The molecule has 1 aromatic rings. The molecular weight excluding hydrogens is 406 g/mol. The molecule has 1 aliphatic carbocycles. The van der Waals surface area contributed by atoms with Gasteiger partial charge < -0.3 is 34.8 Å². The molecule has 9 nitrogen and oxygen atoms in total. The van der Waals surface area contributed by atoms with Crippen molar-refractivity contribution in [2.24, 2.45) is 0 Å². The molecule has 1 aliphatic rings. The first-order chi connectivity index (χ1) is 14.8. The second-order valence-corrected chi connectivity index (χ2v) is 7.59. The molecule has 0 bridgehead atoms. The van der Waals surface area contributed by atoms with Crippen molar-refractivity contribution in [2.45, 2.75) is 64.2 Å². The van der Waals surface area contributed by atoms with Gasteiger partial charge in [-0.05, 0) is 37.1 Å². The lowest BCUT2D eigenvalue weighted by atomic mass is 10.3. The molecule has 176 valence electrons. The number of hydrogen-bond donors (Lipinski definition) is 4. The zero-order valence-corrected chi connectivity index (χ0v) is 18.3. The Kier molecular flexibility index (Phi) is 13.3. The molecule has 1 atom stereocenters. The number of rotatable bonds is 13. The van der Waals surface area contributed by atoms with Crippen molar-refractivity contribution in [1.29, 1.82) is 0 Å². The Balaban J connectivity index is 0.000000592. The lowest BCUT2D eigenvalue weighted by Gasteiger charge is -2.15. The van der Waals surface area contributed by atoms with Gasteiger partial charge in [-0.15, -0.1) is 0 Å². The Morgan fingerprint density at radius 1 is 1.00 bits per heavy atom. The molecule has 0 aliphatic heterocycles. The van der Waals surface area contributed by atoms with Gasteiger partial charge in [0.2, 0.25) is 0 Å². The fourth-order valence-corrected chi connectivity index (χ4v) is 2.81. The van der Waals surface area contributed by atoms with E-state index in [0.29, 0.717) is 31.9 Å². The summed E-state index contributed by atoms with van der Waals surface area (Å²) < 4.78 is 17.0. The van der Waals surface area contributed by atoms with Crippen molar-refractivity contribution in [3.8, 4) is 11.5 Å². The number of nitrogens with one attached hydrogen (secondary N) is 1. The first kappa shape index (κ1) is 26.7. The van der Waals surface area contributed by atoms with Crippen molar-refractivity contribution in [1.82, 2.24) is 5.32 Å². The zero-order valence-electron chi connectivity index (χ0n) is 18.3. The Labute approximate surface area is 183 Å². The number of hydrogen-bond acceptors (Lipinski definition) is 7. The van der Waals surface area contributed by atoms with Gasteiger partial charge in [0.1, 0.15) is 37.2 Å². The zero-order chi connectivity index (χ0) is 23.1. The normalized spacial score (nSPS) is 14.6. The van der Waals surface area contributed by atoms with Crippen LogP contribution in [0.15, 0.2) is 24.3 Å². The first-order valence-corrected chi connectivity index (χ1v) is 10.6. The van der Waals surface area contributed by atoms with Gasteiger partial charge in [-0.3, -0.25) is 9.59 Å². The van der Waals surface area contributed by atoms with Gasteiger partial charge in [0.15, 0.2) is 0 Å². The van der Waals surface area contributed by atoms with E-state index in [-0.39, 0.29) is 6.61 Å². The minimum atomic E-state index is -1.31. The molecule has 0 aromatic heterocycles. The monoisotopic (exact) mass is 441 g/mol. The maximum absolute atomic E-state index is 9.82. The molecule has 0 saturated heterocycles. The van der Waals surface area contributed by atoms with Crippen molar-refractivity contribution in [3.63, 3.8) is 0 Å². The van der Waals surface area contributed by atoms with Crippen LogP contribution < -0.4 is 14.8 Å². The SMILES string of the molecule is CC(C)NCC(O)COc1ccc(OCCOC2CCCC2)cc1.O=C(O)CC(=O)O. The molecule has 31 heavy (non-hydrogen) atoms. The van der Waals surface area contributed by atoms with Crippen LogP contribution in [0.1, 0.15) is 46.0 Å². The minimum Gasteiger partial charge on any atom is -0.491 e. The van der Waals surface area contributed by atoms with Crippen LogP contribution >= 0.6 is 0 Å². The third-order valence-electron chi connectivity index (χ3n) is 4.34. The van der Waals surface area contributed by atoms with Crippen LogP contribution in [0, 0.1) is 0 Å². The van der Waals surface area contributed by atoms with E-state index in [1.165, 1.54) is 25.7 Å². The van der Waals surface area contributed by atoms with E-state index in [1.807, 2.05) is 38.1 Å². The summed E-state index contributed by atoms with van der Waals surface area (Å²) in [4.78, 5) is 18.9. The molecule has 0 heterocycles. The van der Waals surface area contributed by atoms with Crippen LogP contribution in [0.3, 0.4) is 0 Å². The number of aliphatic hydroxyl groups is 1. The second kappa shape index (κ2) is 15.4. The average Bonchev–Trinajstić information content (AvgIpc) is 3.22. The van der Waals surface area contributed by atoms with Crippen LogP contribution in [0.25, 0.3) is 0 Å². The highest BCUT2D eigenvalue weighted by molar-refractivity contribution is 5.88. The third-order valence-corrected chi connectivity index (χ3v) is 4.34. The predicted molar refractivity (Wildman–Crippen MR) is 115 cm³/mol. The van der Waals surface area contributed by atoms with E-state index >= 15 is 0 Å². The van der Waals surface area contributed by atoms with Gasteiger partial charge in [0, 0.05) is 12.6 Å². The second-order valence-electron chi connectivity index (χ2n) is 7.59. The third kappa shape index (κ3) is 14.3. The van der Waals surface area contributed by atoms with Gasteiger partial charge in [0.05, 0.1) is 12.7 Å². The lowest BCUT2D eigenvalue weighted by molar-refractivity contribution is -0.147. The Morgan fingerprint density at radius 2 is 1.55 bits per heavy atom. The van der Waals surface area contributed by atoms with Crippen molar-refractivity contribution < 1.29 is 39.1 Å². The van der Waals surface area contributed by atoms with Crippen molar-refractivity contribution in [2.75, 3.05) is 26.4 Å². The van der Waals surface area contributed by atoms with E-state index in [4.69, 9.17) is 24.4 Å². The van der Waals surface area contributed by atoms with Gasteiger partial charge >= 0.3 is 11.9 Å². The van der Waals surface area contributed by atoms with Gasteiger partial charge in [-0.1, -0.05) is 26.7 Å². The maximum atomic E-state index is 9.82. The number of aliphatic carboxylic acids is 2. The summed E-state index contributed by atoms with van der Waals surface area (Å²) in [5.74, 6) is -1.09. The highest BCUT2D eigenvalue weighted by Crippen LogP contribution is 2.21. The standard InChI is InChI=1S/C19H31NO4.C3H4O4/c1-15(2)20-13-16(21)14-24-19-9-7-18(8-10-19)23-12-11-22-17-5-3-4-6-17;4-2(5)1-3(6)7/h7-10,15-17,20-21H,3-6,11-14H2,1-2H3;1H2,(H,4,5)(H,6,7). The summed E-state index contributed by atoms with van der Waals surface area (Å²) in [6.45, 7) is 6.10. The number of aliphatic hydroxyl groups excluding tert-OH is 1. The van der Waals surface area contributed by atoms with E-state index in [2.05, 4.69) is 5.32 Å². The molecule has 1 fully saturated rings. The number of carboxylic acid groups (broad SMARTS) is 2. The van der Waals surface area contributed by atoms with Crippen LogP contribution in [0.4, 0.5) is 0 Å². The highest BCUT2D eigenvalue weighted by Gasteiger charge is 2.14. The van der Waals surface area contributed by atoms with Crippen LogP contribution in [0.2, 0.25) is 0 Å². The molecule has 1 unspecified atom stereocenters. The molecule has 1 aromatic carbocycles. The lowest BCUT2D eigenvalue weighted by Crippen LogP contribution is -2.35. The molecule has 4 N–H and O–H groups in total. The van der Waals surface area contributed by atoms with E-state index in [9.17, 15) is 14.7 Å². The van der Waals surface area contributed by atoms with Gasteiger partial charge in [-0.25, -0.2) is 0 Å². The fourth-order valence-electron chi connectivity index (χ4n) is 2.81. The molecular formula is C22H35NO8. The number of carboxylic acids is 2. The van der Waals surface area contributed by atoms with E-state index < -0.39 is 24.5 Å². The summed E-state index contributed by atoms with van der Waals surface area (Å²) >= 11 is 0. The smallest absolute Gasteiger partial charge is 0.314 e. The maximum Gasteiger partial charge on any atom is 0.314 e. The fraction of sp³-hybridized carbons (Fsp3) is 0.636. The molecule has 0 spiro atoms. The number of benzene rings is 1. The van der Waals surface area contributed by atoms with Crippen LogP contribution in [-0.2, 0) is 14.3 Å². The van der Waals surface area contributed by atoms with Crippen molar-refractivity contribution >= 4 is 11.9 Å². The van der Waals surface area contributed by atoms with E-state index in [0.717, 1.165) is 11.5 Å². The summed E-state index contributed by atoms with van der Waals surface area (Å²) in [6.07, 6.45) is 4.05. The van der Waals surface area contributed by atoms with E-state index in [1.54, 1.807) is 0 Å². The molecule has 9 heteroatoms. The molecule has 0 amide bonds. The Bertz CT molecular complexity index is 617. The first-order valence-electron chi connectivity index (χ1n) is 10.6. The van der Waals surface area contributed by atoms with Crippen molar-refractivity contribution in [3.05, 3.63) is 24.3 Å². The minimum absolute atomic E-state index is 0.273. The van der Waals surface area contributed by atoms with Crippen LogP contribution in [0.5, 0.6) is 11.5 Å². The summed E-state index contributed by atoms with van der Waals surface area (Å²) in [5, 5.41) is 28.4. The summed E-state index contributed by atoms with van der Waals surface area (Å²) in [5.41, 5.74) is 0. The Hall–Kier alpha value is -2.36. The predicted octanol–water partition coefficient (Wildman–Crippen LogP) is 2.31. The topological polar surface area (TPSA) is 135 Å². The van der Waals surface area contributed by atoms with Gasteiger partial charge in [-0.2, -0.15) is 0 Å². The molecule has 0 radical (unpaired) electrons. The number of ether oxygens (including phenoxy) is 3. The number of carbonyl (C=O) groups is 2. The van der Waals surface area contributed by atoms with Gasteiger partial charge in [0.25, 0.3) is 0 Å². The molecule has 2 rings (SSSR count). The summed E-state index contributed by atoms with van der Waals surface area (Å²) in [7, 11) is 0. The summed E-state index contributed by atoms with van der Waals surface area (Å²) in [6, 6.07) is 7.83.